The number of fused-ring (bicyclic) bond motifs is 2. The van der Waals surface area contributed by atoms with Gasteiger partial charge in [0.2, 0.25) is 9.84 Å². The average Bonchev–Trinajstić information content (AvgIpc) is 3.10. The smallest absolute Gasteiger partial charge is 0.212 e. The summed E-state index contributed by atoms with van der Waals surface area (Å²) in [6.45, 7) is 4.36. The standard InChI is InChI=1S/C25H22N4O3S/c1-3-32-18-12-10-17(11-13-18)29-24(26)23(33(30,31)19-14-8-16(2)9-15-19)22-25(29)28-21-7-5-4-6-20(21)27-22/h4-15H,3,26H2,1-2H3. The van der Waals surface area contributed by atoms with Gasteiger partial charge in [-0.15, -0.1) is 0 Å². The molecule has 3 aromatic carbocycles. The lowest BCUT2D eigenvalue weighted by atomic mass is 10.2. The van der Waals surface area contributed by atoms with Crippen LogP contribution in [0.3, 0.4) is 0 Å². The molecular weight excluding hydrogens is 436 g/mol. The van der Waals surface area contributed by atoms with Gasteiger partial charge in [0.1, 0.15) is 22.0 Å². The molecule has 2 aromatic heterocycles. The van der Waals surface area contributed by atoms with Crippen LogP contribution in [-0.2, 0) is 9.84 Å². The van der Waals surface area contributed by atoms with E-state index in [1.807, 2.05) is 56.3 Å². The van der Waals surface area contributed by atoms with Gasteiger partial charge in [0.25, 0.3) is 0 Å². The summed E-state index contributed by atoms with van der Waals surface area (Å²) < 4.78 is 34.6. The van der Waals surface area contributed by atoms with Gasteiger partial charge in [-0.3, -0.25) is 4.57 Å². The van der Waals surface area contributed by atoms with Crippen LogP contribution in [0.5, 0.6) is 5.75 Å². The Hall–Kier alpha value is -3.91. The summed E-state index contributed by atoms with van der Waals surface area (Å²) in [5, 5.41) is 0. The fourth-order valence-electron chi connectivity index (χ4n) is 3.86. The zero-order valence-electron chi connectivity index (χ0n) is 18.2. The molecule has 2 heterocycles. The fourth-order valence-corrected chi connectivity index (χ4v) is 5.34. The third-order valence-corrected chi connectivity index (χ3v) is 7.29. The average molecular weight is 459 g/mol. The normalized spacial score (nSPS) is 11.8. The van der Waals surface area contributed by atoms with Crippen molar-refractivity contribution in [2.75, 3.05) is 12.3 Å². The molecule has 0 aliphatic rings. The predicted octanol–water partition coefficient (Wildman–Crippen LogP) is 4.70. The van der Waals surface area contributed by atoms with Crippen molar-refractivity contribution in [3.63, 3.8) is 0 Å². The first kappa shape index (κ1) is 21.0. The van der Waals surface area contributed by atoms with E-state index >= 15 is 0 Å². The lowest BCUT2D eigenvalue weighted by Crippen LogP contribution is -2.07. The van der Waals surface area contributed by atoms with Crippen molar-refractivity contribution in [2.24, 2.45) is 0 Å². The van der Waals surface area contributed by atoms with Crippen molar-refractivity contribution in [3.8, 4) is 11.4 Å². The van der Waals surface area contributed by atoms with Gasteiger partial charge in [-0.05, 0) is 62.4 Å². The summed E-state index contributed by atoms with van der Waals surface area (Å²) in [5.74, 6) is 0.769. The molecule has 166 valence electrons. The first-order valence-electron chi connectivity index (χ1n) is 10.5. The fraction of sp³-hybridized carbons (Fsp3) is 0.120. The Labute approximate surface area is 191 Å². The molecule has 0 saturated heterocycles. The largest absolute Gasteiger partial charge is 0.494 e. The molecule has 7 nitrogen and oxygen atoms in total. The highest BCUT2D eigenvalue weighted by Crippen LogP contribution is 2.37. The minimum Gasteiger partial charge on any atom is -0.494 e. The van der Waals surface area contributed by atoms with Crippen molar-refractivity contribution in [1.29, 1.82) is 0 Å². The number of benzene rings is 3. The first-order valence-corrected chi connectivity index (χ1v) is 12.0. The Morgan fingerprint density at radius 1 is 0.909 bits per heavy atom. The van der Waals surface area contributed by atoms with Crippen LogP contribution in [0.2, 0.25) is 0 Å². The predicted molar refractivity (Wildman–Crippen MR) is 129 cm³/mol. The van der Waals surface area contributed by atoms with Crippen molar-refractivity contribution < 1.29 is 13.2 Å². The SMILES string of the molecule is CCOc1ccc(-n2c(N)c(S(=O)(=O)c3ccc(C)cc3)c3nc4ccccc4nc32)cc1. The van der Waals surface area contributed by atoms with Crippen LogP contribution in [0.25, 0.3) is 27.9 Å². The van der Waals surface area contributed by atoms with Crippen LogP contribution in [0.4, 0.5) is 5.82 Å². The minimum atomic E-state index is -3.96. The maximum absolute atomic E-state index is 13.7. The highest BCUT2D eigenvalue weighted by molar-refractivity contribution is 7.92. The second-order valence-corrected chi connectivity index (χ2v) is 9.56. The van der Waals surface area contributed by atoms with E-state index in [1.54, 1.807) is 34.9 Å². The number of ether oxygens (including phenoxy) is 1. The lowest BCUT2D eigenvalue weighted by molar-refractivity contribution is 0.340. The number of nitrogens with two attached hydrogens (primary N) is 1. The van der Waals surface area contributed by atoms with Gasteiger partial charge in [0.05, 0.1) is 22.5 Å². The highest BCUT2D eigenvalue weighted by Gasteiger charge is 2.30. The Morgan fingerprint density at radius 2 is 1.55 bits per heavy atom. The van der Waals surface area contributed by atoms with E-state index in [0.717, 1.165) is 5.56 Å². The second-order valence-electron chi connectivity index (χ2n) is 7.68. The molecule has 0 saturated carbocycles. The van der Waals surface area contributed by atoms with Gasteiger partial charge in [-0.1, -0.05) is 29.8 Å². The number of anilines is 1. The molecule has 0 atom stereocenters. The Morgan fingerprint density at radius 3 is 2.18 bits per heavy atom. The van der Waals surface area contributed by atoms with E-state index in [1.165, 1.54) is 0 Å². The summed E-state index contributed by atoms with van der Waals surface area (Å²) >= 11 is 0. The topological polar surface area (TPSA) is 100 Å². The molecule has 0 aliphatic heterocycles. The maximum atomic E-state index is 13.7. The van der Waals surface area contributed by atoms with E-state index < -0.39 is 9.84 Å². The molecule has 0 bridgehead atoms. The van der Waals surface area contributed by atoms with E-state index in [4.69, 9.17) is 15.5 Å². The van der Waals surface area contributed by atoms with Gasteiger partial charge < -0.3 is 10.5 Å². The molecule has 0 aliphatic carbocycles. The number of nitrogen functional groups attached to an aromatic ring is 1. The summed E-state index contributed by atoms with van der Waals surface area (Å²) in [6, 6.07) is 21.3. The molecule has 0 radical (unpaired) electrons. The van der Waals surface area contributed by atoms with Gasteiger partial charge in [-0.2, -0.15) is 0 Å². The summed E-state index contributed by atoms with van der Waals surface area (Å²) in [7, 11) is -3.96. The lowest BCUT2D eigenvalue weighted by Gasteiger charge is -2.10. The number of nitrogens with zero attached hydrogens (tertiary/aromatic N) is 3. The quantitative estimate of drug-likeness (QED) is 0.410. The van der Waals surface area contributed by atoms with Crippen molar-refractivity contribution in [3.05, 3.63) is 78.4 Å². The zero-order valence-corrected chi connectivity index (χ0v) is 19.0. The number of sulfone groups is 1. The van der Waals surface area contributed by atoms with Crippen molar-refractivity contribution >= 4 is 37.9 Å². The number of hydrogen-bond acceptors (Lipinski definition) is 6. The van der Waals surface area contributed by atoms with Crippen molar-refractivity contribution in [1.82, 2.24) is 14.5 Å². The Balaban J connectivity index is 1.83. The molecule has 0 spiro atoms. The molecule has 8 heteroatoms. The van der Waals surface area contributed by atoms with E-state index in [-0.39, 0.29) is 21.1 Å². The monoisotopic (exact) mass is 458 g/mol. The molecule has 33 heavy (non-hydrogen) atoms. The Bertz CT molecular complexity index is 1590. The summed E-state index contributed by atoms with van der Waals surface area (Å²) in [4.78, 5) is 9.52. The molecular formula is C25H22N4O3S. The zero-order chi connectivity index (χ0) is 23.2. The van der Waals surface area contributed by atoms with Crippen LogP contribution in [-0.4, -0.2) is 29.6 Å². The van der Waals surface area contributed by atoms with E-state index in [9.17, 15) is 8.42 Å². The van der Waals surface area contributed by atoms with Crippen LogP contribution < -0.4 is 10.5 Å². The number of hydrogen-bond donors (Lipinski definition) is 1. The van der Waals surface area contributed by atoms with E-state index in [0.29, 0.717) is 34.7 Å². The third kappa shape index (κ3) is 3.48. The molecule has 0 amide bonds. The highest BCUT2D eigenvalue weighted by atomic mass is 32.2. The number of rotatable bonds is 5. The van der Waals surface area contributed by atoms with Crippen molar-refractivity contribution in [2.45, 2.75) is 23.6 Å². The number of aromatic nitrogens is 3. The molecule has 0 unspecified atom stereocenters. The number of aryl methyl sites for hydroxylation is 1. The summed E-state index contributed by atoms with van der Waals surface area (Å²) in [6.07, 6.45) is 0. The van der Waals surface area contributed by atoms with Gasteiger partial charge in [0.15, 0.2) is 5.65 Å². The van der Waals surface area contributed by atoms with Crippen LogP contribution in [0.1, 0.15) is 12.5 Å². The molecule has 5 rings (SSSR count). The first-order chi connectivity index (χ1) is 15.9. The second kappa shape index (κ2) is 7.90. The number of para-hydroxylation sites is 2. The van der Waals surface area contributed by atoms with E-state index in [2.05, 4.69) is 4.98 Å². The minimum absolute atomic E-state index is 0.0477. The van der Waals surface area contributed by atoms with Gasteiger partial charge in [-0.25, -0.2) is 18.4 Å². The summed E-state index contributed by atoms with van der Waals surface area (Å²) in [5.41, 5.74) is 10.0. The van der Waals surface area contributed by atoms with Crippen LogP contribution in [0.15, 0.2) is 82.6 Å². The maximum Gasteiger partial charge on any atom is 0.212 e. The van der Waals surface area contributed by atoms with Gasteiger partial charge in [0, 0.05) is 5.69 Å². The molecule has 0 fully saturated rings. The third-order valence-electron chi connectivity index (χ3n) is 5.46. The molecule has 2 N–H and O–H groups in total. The van der Waals surface area contributed by atoms with Crippen LogP contribution >= 0.6 is 0 Å². The van der Waals surface area contributed by atoms with Gasteiger partial charge >= 0.3 is 0 Å². The Kier molecular flexibility index (Phi) is 5.02. The van der Waals surface area contributed by atoms with Crippen LogP contribution in [0, 0.1) is 6.92 Å². The molecule has 5 aromatic rings.